The average Bonchev–Trinajstić information content (AvgIpc) is 2.15. The summed E-state index contributed by atoms with van der Waals surface area (Å²) < 4.78 is 0. The highest BCUT2D eigenvalue weighted by atomic mass is 16.2. The van der Waals surface area contributed by atoms with Crippen molar-refractivity contribution in [2.45, 2.75) is 19.9 Å². The highest BCUT2D eigenvalue weighted by Gasteiger charge is 2.16. The van der Waals surface area contributed by atoms with Crippen LogP contribution in [0.4, 0.5) is 4.79 Å². The van der Waals surface area contributed by atoms with Crippen molar-refractivity contribution in [1.29, 1.82) is 0 Å². The van der Waals surface area contributed by atoms with Crippen LogP contribution < -0.4 is 16.4 Å². The first-order valence-corrected chi connectivity index (χ1v) is 4.90. The van der Waals surface area contributed by atoms with Gasteiger partial charge in [0.25, 0.3) is 0 Å². The molecule has 7 nitrogen and oxygen atoms in total. The number of imide groups is 1. The van der Waals surface area contributed by atoms with Crippen molar-refractivity contribution in [3.05, 3.63) is 0 Å². The van der Waals surface area contributed by atoms with E-state index >= 15 is 0 Å². The fraction of sp³-hybridized carbons (Fsp3) is 0.667. The van der Waals surface area contributed by atoms with Gasteiger partial charge < -0.3 is 11.1 Å². The maximum atomic E-state index is 11.3. The number of amides is 4. The second-order valence-electron chi connectivity index (χ2n) is 3.59. The SMILES string of the molecule is CNC(=O)NC(=O)CN(CC(N)=O)C(C)C. The van der Waals surface area contributed by atoms with Gasteiger partial charge in [-0.25, -0.2) is 4.79 Å². The topological polar surface area (TPSA) is 105 Å². The van der Waals surface area contributed by atoms with Crippen LogP contribution >= 0.6 is 0 Å². The Morgan fingerprint density at radius 3 is 2.19 bits per heavy atom. The van der Waals surface area contributed by atoms with Crippen LogP contribution in [0.25, 0.3) is 0 Å². The molecule has 0 heterocycles. The summed E-state index contributed by atoms with van der Waals surface area (Å²) in [6.45, 7) is 3.60. The zero-order valence-corrected chi connectivity index (χ0v) is 9.74. The molecule has 0 unspecified atom stereocenters. The molecule has 0 bridgehead atoms. The lowest BCUT2D eigenvalue weighted by Crippen LogP contribution is -2.47. The van der Waals surface area contributed by atoms with Crippen LogP contribution in [0.2, 0.25) is 0 Å². The van der Waals surface area contributed by atoms with Crippen LogP contribution in [-0.4, -0.2) is 48.9 Å². The lowest BCUT2D eigenvalue weighted by Gasteiger charge is -2.23. The maximum absolute atomic E-state index is 11.3. The van der Waals surface area contributed by atoms with Crippen molar-refractivity contribution in [1.82, 2.24) is 15.5 Å². The number of urea groups is 1. The number of primary amides is 1. The van der Waals surface area contributed by atoms with E-state index in [1.807, 2.05) is 13.8 Å². The van der Waals surface area contributed by atoms with E-state index in [1.165, 1.54) is 7.05 Å². The van der Waals surface area contributed by atoms with Crippen LogP contribution in [0.1, 0.15) is 13.8 Å². The van der Waals surface area contributed by atoms with Crippen molar-refractivity contribution < 1.29 is 14.4 Å². The van der Waals surface area contributed by atoms with Gasteiger partial charge in [0.2, 0.25) is 11.8 Å². The van der Waals surface area contributed by atoms with Gasteiger partial charge in [0, 0.05) is 13.1 Å². The molecule has 0 aromatic rings. The molecule has 0 fully saturated rings. The van der Waals surface area contributed by atoms with Crippen molar-refractivity contribution in [2.24, 2.45) is 5.73 Å². The predicted octanol–water partition coefficient (Wildman–Crippen LogP) is -1.36. The van der Waals surface area contributed by atoms with E-state index in [4.69, 9.17) is 5.73 Å². The third-order valence-electron chi connectivity index (χ3n) is 1.92. The highest BCUT2D eigenvalue weighted by molar-refractivity contribution is 5.95. The van der Waals surface area contributed by atoms with Crippen LogP contribution in [0.3, 0.4) is 0 Å². The third kappa shape index (κ3) is 5.97. The van der Waals surface area contributed by atoms with Crippen molar-refractivity contribution in [2.75, 3.05) is 20.1 Å². The summed E-state index contributed by atoms with van der Waals surface area (Å²) in [5, 5.41) is 4.36. The summed E-state index contributed by atoms with van der Waals surface area (Å²) in [7, 11) is 1.41. The monoisotopic (exact) mass is 230 g/mol. The van der Waals surface area contributed by atoms with Gasteiger partial charge in [-0.15, -0.1) is 0 Å². The molecule has 0 atom stereocenters. The van der Waals surface area contributed by atoms with E-state index in [1.54, 1.807) is 4.90 Å². The number of hydrogen-bond donors (Lipinski definition) is 3. The second kappa shape index (κ2) is 6.78. The van der Waals surface area contributed by atoms with Gasteiger partial charge in [-0.05, 0) is 13.8 Å². The largest absolute Gasteiger partial charge is 0.369 e. The summed E-state index contributed by atoms with van der Waals surface area (Å²) in [6.07, 6.45) is 0. The van der Waals surface area contributed by atoms with Gasteiger partial charge >= 0.3 is 6.03 Å². The molecule has 92 valence electrons. The molecule has 0 aliphatic carbocycles. The fourth-order valence-corrected chi connectivity index (χ4v) is 1.03. The van der Waals surface area contributed by atoms with Gasteiger partial charge in [0.1, 0.15) is 0 Å². The quantitative estimate of drug-likeness (QED) is 0.542. The number of nitrogens with zero attached hydrogens (tertiary/aromatic N) is 1. The molecule has 0 rings (SSSR count). The van der Waals surface area contributed by atoms with Crippen LogP contribution in [0.15, 0.2) is 0 Å². The minimum atomic E-state index is -0.576. The predicted molar refractivity (Wildman–Crippen MR) is 58.5 cm³/mol. The number of carbonyl (C=O) groups excluding carboxylic acids is 3. The molecule has 0 saturated heterocycles. The fourth-order valence-electron chi connectivity index (χ4n) is 1.03. The van der Waals surface area contributed by atoms with Crippen molar-refractivity contribution >= 4 is 17.8 Å². The zero-order valence-electron chi connectivity index (χ0n) is 9.74. The first-order valence-electron chi connectivity index (χ1n) is 4.90. The molecule has 0 aliphatic rings. The number of nitrogens with two attached hydrogens (primary N) is 1. The first-order chi connectivity index (χ1) is 7.36. The summed E-state index contributed by atoms with van der Waals surface area (Å²) >= 11 is 0. The number of nitrogens with one attached hydrogen (secondary N) is 2. The molecule has 0 radical (unpaired) electrons. The van der Waals surface area contributed by atoms with E-state index in [9.17, 15) is 14.4 Å². The summed E-state index contributed by atoms with van der Waals surface area (Å²) in [4.78, 5) is 34.5. The van der Waals surface area contributed by atoms with Crippen LogP contribution in [-0.2, 0) is 9.59 Å². The summed E-state index contributed by atoms with van der Waals surface area (Å²) in [6, 6.07) is -0.587. The molecule has 16 heavy (non-hydrogen) atoms. The third-order valence-corrected chi connectivity index (χ3v) is 1.92. The van der Waals surface area contributed by atoms with E-state index in [0.29, 0.717) is 0 Å². The number of hydrogen-bond acceptors (Lipinski definition) is 4. The van der Waals surface area contributed by atoms with E-state index in [2.05, 4.69) is 10.6 Å². The van der Waals surface area contributed by atoms with Crippen LogP contribution in [0.5, 0.6) is 0 Å². The van der Waals surface area contributed by atoms with E-state index in [-0.39, 0.29) is 19.1 Å². The lowest BCUT2D eigenvalue weighted by atomic mass is 10.3. The first kappa shape index (κ1) is 14.4. The van der Waals surface area contributed by atoms with Crippen molar-refractivity contribution in [3.8, 4) is 0 Å². The Kier molecular flexibility index (Phi) is 6.09. The Balaban J connectivity index is 4.23. The minimum absolute atomic E-state index is 0.0112. The normalized spacial score (nSPS) is 10.3. The number of carbonyl (C=O) groups is 3. The molecule has 0 aromatic heterocycles. The average molecular weight is 230 g/mol. The molecule has 0 saturated carbocycles. The zero-order chi connectivity index (χ0) is 12.7. The summed E-state index contributed by atoms with van der Waals surface area (Å²) in [5.74, 6) is -0.990. The lowest BCUT2D eigenvalue weighted by molar-refractivity contribution is -0.123. The van der Waals surface area contributed by atoms with Crippen LogP contribution in [0, 0.1) is 0 Å². The molecule has 4 amide bonds. The Labute approximate surface area is 94.3 Å². The minimum Gasteiger partial charge on any atom is -0.369 e. The van der Waals surface area contributed by atoms with Gasteiger partial charge in [0.15, 0.2) is 0 Å². The van der Waals surface area contributed by atoms with E-state index < -0.39 is 17.8 Å². The Bertz CT molecular complexity index is 278. The van der Waals surface area contributed by atoms with E-state index in [0.717, 1.165) is 0 Å². The van der Waals surface area contributed by atoms with Gasteiger partial charge in [0.05, 0.1) is 13.1 Å². The Hall–Kier alpha value is -1.63. The maximum Gasteiger partial charge on any atom is 0.321 e. The number of rotatable bonds is 5. The molecule has 7 heteroatoms. The standard InChI is InChI=1S/C9H18N4O3/c1-6(2)13(4-7(10)14)5-8(15)12-9(16)11-3/h6H,4-5H2,1-3H3,(H2,10,14)(H2,11,12,15,16). The molecule has 0 aliphatic heterocycles. The Morgan fingerprint density at radius 1 is 1.25 bits per heavy atom. The smallest absolute Gasteiger partial charge is 0.321 e. The van der Waals surface area contributed by atoms with Gasteiger partial charge in [-0.2, -0.15) is 0 Å². The molecular weight excluding hydrogens is 212 g/mol. The molecule has 0 spiro atoms. The highest BCUT2D eigenvalue weighted by Crippen LogP contribution is 1.96. The molecule has 4 N–H and O–H groups in total. The van der Waals surface area contributed by atoms with Gasteiger partial charge in [-0.3, -0.25) is 19.8 Å². The van der Waals surface area contributed by atoms with Gasteiger partial charge in [-0.1, -0.05) is 0 Å². The Morgan fingerprint density at radius 2 is 1.81 bits per heavy atom. The molecular formula is C9H18N4O3. The van der Waals surface area contributed by atoms with Crippen molar-refractivity contribution in [3.63, 3.8) is 0 Å². The summed E-state index contributed by atoms with van der Waals surface area (Å²) in [5.41, 5.74) is 5.04. The molecule has 0 aromatic carbocycles. The second-order valence-corrected chi connectivity index (χ2v) is 3.59.